The van der Waals surface area contributed by atoms with Crippen LogP contribution in [0, 0.1) is 0 Å². The molecule has 0 aliphatic rings. The molecule has 0 spiro atoms. The first-order valence-electron chi connectivity index (χ1n) is 6.70. The predicted molar refractivity (Wildman–Crippen MR) is 84.0 cm³/mol. The minimum atomic E-state index is -0.0557. The largest absolute Gasteiger partial charge is 0.497 e. The van der Waals surface area contributed by atoms with Gasteiger partial charge < -0.3 is 4.74 Å². The highest BCUT2D eigenvalue weighted by atomic mass is 16.5. The zero-order valence-electron chi connectivity index (χ0n) is 11.7. The molecule has 3 nitrogen and oxygen atoms in total. The Labute approximate surface area is 123 Å². The van der Waals surface area contributed by atoms with E-state index in [9.17, 15) is 4.79 Å². The molecular formula is C18H15NO2. The Morgan fingerprint density at radius 2 is 1.52 bits per heavy atom. The van der Waals surface area contributed by atoms with Crippen LogP contribution in [0.5, 0.6) is 5.75 Å². The number of methoxy groups -OCH3 is 1. The highest BCUT2D eigenvalue weighted by molar-refractivity contribution is 5.62. The van der Waals surface area contributed by atoms with Crippen molar-refractivity contribution in [1.29, 1.82) is 0 Å². The van der Waals surface area contributed by atoms with E-state index in [-0.39, 0.29) is 5.56 Å². The van der Waals surface area contributed by atoms with Crippen molar-refractivity contribution in [3.8, 4) is 22.6 Å². The third kappa shape index (κ3) is 2.72. The number of ether oxygens (including phenoxy) is 1. The Balaban J connectivity index is 2.07. The summed E-state index contributed by atoms with van der Waals surface area (Å²) in [7, 11) is 1.62. The van der Waals surface area contributed by atoms with Crippen LogP contribution < -0.4 is 10.3 Å². The van der Waals surface area contributed by atoms with Gasteiger partial charge in [-0.3, -0.25) is 9.36 Å². The second-order valence-corrected chi connectivity index (χ2v) is 4.69. The van der Waals surface area contributed by atoms with Crippen molar-refractivity contribution in [2.24, 2.45) is 0 Å². The van der Waals surface area contributed by atoms with Gasteiger partial charge in [0.25, 0.3) is 5.56 Å². The Bertz CT molecular complexity index is 789. The number of pyridine rings is 1. The fourth-order valence-corrected chi connectivity index (χ4v) is 2.23. The van der Waals surface area contributed by atoms with Crippen LogP contribution in [0.2, 0.25) is 0 Å². The molecule has 0 unspecified atom stereocenters. The molecule has 3 heteroatoms. The SMILES string of the molecule is COc1ccc(-n2cc(-c3ccccc3)ccc2=O)cc1. The zero-order chi connectivity index (χ0) is 14.7. The van der Waals surface area contributed by atoms with Crippen molar-refractivity contribution in [3.05, 3.63) is 83.3 Å². The Hall–Kier alpha value is -2.81. The second-order valence-electron chi connectivity index (χ2n) is 4.69. The first-order chi connectivity index (χ1) is 10.3. The van der Waals surface area contributed by atoms with E-state index in [1.54, 1.807) is 17.7 Å². The van der Waals surface area contributed by atoms with Gasteiger partial charge in [-0.1, -0.05) is 30.3 Å². The molecule has 3 aromatic rings. The summed E-state index contributed by atoms with van der Waals surface area (Å²) < 4.78 is 6.78. The van der Waals surface area contributed by atoms with Crippen molar-refractivity contribution in [2.75, 3.05) is 7.11 Å². The number of aromatic nitrogens is 1. The van der Waals surface area contributed by atoms with Crippen LogP contribution in [0.1, 0.15) is 0 Å². The third-order valence-corrected chi connectivity index (χ3v) is 3.37. The molecule has 0 radical (unpaired) electrons. The van der Waals surface area contributed by atoms with E-state index < -0.39 is 0 Å². The highest BCUT2D eigenvalue weighted by Gasteiger charge is 2.03. The monoisotopic (exact) mass is 277 g/mol. The number of nitrogens with zero attached hydrogens (tertiary/aromatic N) is 1. The lowest BCUT2D eigenvalue weighted by Gasteiger charge is -2.09. The Morgan fingerprint density at radius 1 is 0.810 bits per heavy atom. The number of hydrogen-bond acceptors (Lipinski definition) is 2. The second kappa shape index (κ2) is 5.67. The molecule has 0 N–H and O–H groups in total. The van der Waals surface area contributed by atoms with Crippen molar-refractivity contribution >= 4 is 0 Å². The fourth-order valence-electron chi connectivity index (χ4n) is 2.23. The summed E-state index contributed by atoms with van der Waals surface area (Å²) in [6.45, 7) is 0. The molecule has 0 aliphatic heterocycles. The van der Waals surface area contributed by atoms with Crippen LogP contribution in [0.15, 0.2) is 77.7 Å². The summed E-state index contributed by atoms with van der Waals surface area (Å²) in [5.74, 6) is 0.769. The van der Waals surface area contributed by atoms with Crippen LogP contribution >= 0.6 is 0 Å². The van der Waals surface area contributed by atoms with Gasteiger partial charge in [-0.2, -0.15) is 0 Å². The van der Waals surface area contributed by atoms with Crippen molar-refractivity contribution < 1.29 is 4.74 Å². The van der Waals surface area contributed by atoms with E-state index in [2.05, 4.69) is 0 Å². The average molecular weight is 277 g/mol. The smallest absolute Gasteiger partial charge is 0.255 e. The molecule has 0 saturated carbocycles. The van der Waals surface area contributed by atoms with E-state index >= 15 is 0 Å². The minimum Gasteiger partial charge on any atom is -0.497 e. The summed E-state index contributed by atoms with van der Waals surface area (Å²) in [5, 5.41) is 0. The van der Waals surface area contributed by atoms with Gasteiger partial charge in [0.1, 0.15) is 5.75 Å². The van der Waals surface area contributed by atoms with E-state index in [4.69, 9.17) is 4.74 Å². The molecule has 2 aromatic carbocycles. The fraction of sp³-hybridized carbons (Fsp3) is 0.0556. The Kier molecular flexibility index (Phi) is 3.56. The summed E-state index contributed by atoms with van der Waals surface area (Å²) in [4.78, 5) is 12.1. The van der Waals surface area contributed by atoms with Crippen molar-refractivity contribution in [1.82, 2.24) is 4.57 Å². The lowest BCUT2D eigenvalue weighted by Crippen LogP contribution is -2.16. The Morgan fingerprint density at radius 3 is 2.19 bits per heavy atom. The van der Waals surface area contributed by atoms with Gasteiger partial charge in [0.15, 0.2) is 0 Å². The maximum atomic E-state index is 12.1. The summed E-state index contributed by atoms with van der Waals surface area (Å²) in [6.07, 6.45) is 1.86. The number of benzene rings is 2. The van der Waals surface area contributed by atoms with Gasteiger partial charge in [-0.05, 0) is 41.5 Å². The average Bonchev–Trinajstić information content (AvgIpc) is 2.56. The first kappa shape index (κ1) is 13.2. The minimum absolute atomic E-state index is 0.0557. The highest BCUT2D eigenvalue weighted by Crippen LogP contribution is 2.19. The molecule has 0 fully saturated rings. The maximum Gasteiger partial charge on any atom is 0.255 e. The van der Waals surface area contributed by atoms with Gasteiger partial charge in [0, 0.05) is 18.0 Å². The van der Waals surface area contributed by atoms with Gasteiger partial charge in [-0.15, -0.1) is 0 Å². The van der Waals surface area contributed by atoms with Crippen LogP contribution in [-0.2, 0) is 0 Å². The molecule has 0 amide bonds. The van der Waals surface area contributed by atoms with Crippen LogP contribution in [-0.4, -0.2) is 11.7 Å². The van der Waals surface area contributed by atoms with Crippen LogP contribution in [0.4, 0.5) is 0 Å². The summed E-state index contributed by atoms with van der Waals surface area (Å²) >= 11 is 0. The van der Waals surface area contributed by atoms with E-state index in [1.807, 2.05) is 66.9 Å². The van der Waals surface area contributed by atoms with Crippen LogP contribution in [0.25, 0.3) is 16.8 Å². The normalized spacial score (nSPS) is 10.3. The molecule has 1 heterocycles. The molecule has 1 aromatic heterocycles. The molecule has 104 valence electrons. The topological polar surface area (TPSA) is 31.2 Å². The molecule has 0 atom stereocenters. The van der Waals surface area contributed by atoms with E-state index in [1.165, 1.54) is 0 Å². The van der Waals surface area contributed by atoms with Gasteiger partial charge >= 0.3 is 0 Å². The maximum absolute atomic E-state index is 12.1. The molecule has 0 aliphatic carbocycles. The lowest BCUT2D eigenvalue weighted by atomic mass is 10.1. The lowest BCUT2D eigenvalue weighted by molar-refractivity contribution is 0.414. The molecule has 0 bridgehead atoms. The molecule has 3 rings (SSSR count). The summed E-state index contributed by atoms with van der Waals surface area (Å²) in [6, 6.07) is 20.9. The van der Waals surface area contributed by atoms with Crippen molar-refractivity contribution in [2.45, 2.75) is 0 Å². The standard InChI is InChI=1S/C18H15NO2/c1-21-17-10-8-16(9-11-17)19-13-15(7-12-18(19)20)14-5-3-2-4-6-14/h2-13H,1H3. The third-order valence-electron chi connectivity index (χ3n) is 3.37. The van der Waals surface area contributed by atoms with Gasteiger partial charge in [0.05, 0.1) is 7.11 Å². The van der Waals surface area contributed by atoms with E-state index in [0.29, 0.717) is 0 Å². The molecule has 21 heavy (non-hydrogen) atoms. The number of hydrogen-bond donors (Lipinski definition) is 0. The zero-order valence-corrected chi connectivity index (χ0v) is 11.7. The summed E-state index contributed by atoms with van der Waals surface area (Å²) in [5.41, 5.74) is 2.85. The van der Waals surface area contributed by atoms with E-state index in [0.717, 1.165) is 22.6 Å². The first-order valence-corrected chi connectivity index (χ1v) is 6.70. The number of rotatable bonds is 3. The van der Waals surface area contributed by atoms with Crippen LogP contribution in [0.3, 0.4) is 0 Å². The predicted octanol–water partition coefficient (Wildman–Crippen LogP) is 3.51. The van der Waals surface area contributed by atoms with Crippen molar-refractivity contribution in [3.63, 3.8) is 0 Å². The molecular weight excluding hydrogens is 262 g/mol. The quantitative estimate of drug-likeness (QED) is 0.733. The van der Waals surface area contributed by atoms with Gasteiger partial charge in [-0.25, -0.2) is 0 Å². The van der Waals surface area contributed by atoms with Gasteiger partial charge in [0.2, 0.25) is 0 Å². The molecule has 0 saturated heterocycles.